The van der Waals surface area contributed by atoms with E-state index in [0.29, 0.717) is 37.1 Å². The van der Waals surface area contributed by atoms with E-state index < -0.39 is 10.8 Å². The minimum absolute atomic E-state index is 0.0456. The molecule has 0 bridgehead atoms. The van der Waals surface area contributed by atoms with Crippen LogP contribution in [0.2, 0.25) is 0 Å². The summed E-state index contributed by atoms with van der Waals surface area (Å²) in [5.41, 5.74) is -0.0456. The molecule has 0 saturated heterocycles. The van der Waals surface area contributed by atoms with Crippen molar-refractivity contribution in [3.8, 4) is 0 Å². The SMILES string of the molecule is COC(=O)CC1(CS(=O)CCOCC(C)C)CC1. The molecule has 0 spiro atoms. The van der Waals surface area contributed by atoms with Crippen LogP contribution in [-0.2, 0) is 25.1 Å². The van der Waals surface area contributed by atoms with Crippen LogP contribution in [0.1, 0.15) is 33.1 Å². The molecule has 0 aliphatic heterocycles. The summed E-state index contributed by atoms with van der Waals surface area (Å²) in [7, 11) is 0.505. The van der Waals surface area contributed by atoms with Crippen molar-refractivity contribution in [1.29, 1.82) is 0 Å². The quantitative estimate of drug-likeness (QED) is 0.475. The third-order valence-electron chi connectivity index (χ3n) is 3.08. The van der Waals surface area contributed by atoms with Gasteiger partial charge in [-0.2, -0.15) is 0 Å². The van der Waals surface area contributed by atoms with Gasteiger partial charge in [0.25, 0.3) is 0 Å². The third kappa shape index (κ3) is 5.96. The van der Waals surface area contributed by atoms with Crippen molar-refractivity contribution in [1.82, 2.24) is 0 Å². The lowest BCUT2D eigenvalue weighted by molar-refractivity contribution is -0.141. The van der Waals surface area contributed by atoms with E-state index in [1.165, 1.54) is 7.11 Å². The van der Waals surface area contributed by atoms with E-state index in [9.17, 15) is 9.00 Å². The molecule has 0 radical (unpaired) electrons. The lowest BCUT2D eigenvalue weighted by Crippen LogP contribution is -2.21. The molecular formula is C13H24O4S. The van der Waals surface area contributed by atoms with Crippen molar-refractivity contribution in [3.63, 3.8) is 0 Å². The molecule has 18 heavy (non-hydrogen) atoms. The first-order valence-electron chi connectivity index (χ1n) is 6.47. The van der Waals surface area contributed by atoms with Gasteiger partial charge in [-0.15, -0.1) is 0 Å². The van der Waals surface area contributed by atoms with Crippen LogP contribution in [-0.4, -0.2) is 42.0 Å². The highest BCUT2D eigenvalue weighted by molar-refractivity contribution is 7.85. The van der Waals surface area contributed by atoms with E-state index in [0.717, 1.165) is 12.8 Å². The summed E-state index contributed by atoms with van der Waals surface area (Å²) in [6, 6.07) is 0. The predicted molar refractivity (Wildman–Crippen MR) is 71.8 cm³/mol. The molecule has 1 aliphatic carbocycles. The maximum atomic E-state index is 11.9. The first kappa shape index (κ1) is 15.6. The van der Waals surface area contributed by atoms with Crippen LogP contribution in [0.4, 0.5) is 0 Å². The van der Waals surface area contributed by atoms with Crippen LogP contribution in [0.3, 0.4) is 0 Å². The molecular weight excluding hydrogens is 252 g/mol. The van der Waals surface area contributed by atoms with Gasteiger partial charge in [0.05, 0.1) is 20.1 Å². The molecule has 1 saturated carbocycles. The van der Waals surface area contributed by atoms with Crippen LogP contribution in [0.25, 0.3) is 0 Å². The summed E-state index contributed by atoms with van der Waals surface area (Å²) in [5.74, 6) is 1.48. The molecule has 5 heteroatoms. The number of hydrogen-bond acceptors (Lipinski definition) is 4. The first-order chi connectivity index (χ1) is 8.47. The van der Waals surface area contributed by atoms with Gasteiger partial charge in [0, 0.05) is 28.9 Å². The Hall–Kier alpha value is -0.420. The van der Waals surface area contributed by atoms with Gasteiger partial charge in [-0.05, 0) is 24.2 Å². The summed E-state index contributed by atoms with van der Waals surface area (Å²) in [6.45, 7) is 5.43. The molecule has 1 rings (SSSR count). The highest BCUT2D eigenvalue weighted by Gasteiger charge is 2.45. The van der Waals surface area contributed by atoms with Crippen LogP contribution in [0.15, 0.2) is 0 Å². The summed E-state index contributed by atoms with van der Waals surface area (Å²) in [4.78, 5) is 11.2. The van der Waals surface area contributed by atoms with Gasteiger partial charge in [-0.3, -0.25) is 9.00 Å². The molecule has 1 aliphatic rings. The lowest BCUT2D eigenvalue weighted by Gasteiger charge is -2.13. The molecule has 106 valence electrons. The van der Waals surface area contributed by atoms with Crippen LogP contribution in [0.5, 0.6) is 0 Å². The van der Waals surface area contributed by atoms with E-state index in [2.05, 4.69) is 18.6 Å². The Balaban J connectivity index is 2.18. The van der Waals surface area contributed by atoms with Gasteiger partial charge in [0.1, 0.15) is 0 Å². The van der Waals surface area contributed by atoms with E-state index in [4.69, 9.17) is 4.74 Å². The predicted octanol–water partition coefficient (Wildman–Crippen LogP) is 1.75. The van der Waals surface area contributed by atoms with Crippen LogP contribution in [0, 0.1) is 11.3 Å². The number of ether oxygens (including phenoxy) is 2. The molecule has 0 heterocycles. The molecule has 4 nitrogen and oxygen atoms in total. The van der Waals surface area contributed by atoms with Gasteiger partial charge in [-0.1, -0.05) is 13.8 Å². The molecule has 1 unspecified atom stereocenters. The highest BCUT2D eigenvalue weighted by atomic mass is 32.2. The van der Waals surface area contributed by atoms with Gasteiger partial charge >= 0.3 is 5.97 Å². The first-order valence-corrected chi connectivity index (χ1v) is 7.96. The molecule has 0 N–H and O–H groups in total. The van der Waals surface area contributed by atoms with Gasteiger partial charge in [0.15, 0.2) is 0 Å². The summed E-state index contributed by atoms with van der Waals surface area (Å²) < 4.78 is 22.0. The van der Waals surface area contributed by atoms with E-state index in [1.807, 2.05) is 0 Å². The number of carbonyl (C=O) groups excluding carboxylic acids is 1. The highest BCUT2D eigenvalue weighted by Crippen LogP contribution is 2.49. The molecule has 1 fully saturated rings. The molecule has 0 aromatic carbocycles. The maximum absolute atomic E-state index is 11.9. The fourth-order valence-corrected chi connectivity index (χ4v) is 3.33. The Kier molecular flexibility index (Phi) is 6.29. The standard InChI is InChI=1S/C13H24O4S/c1-11(2)9-17-6-7-18(15)10-13(4-5-13)8-12(14)16-3/h11H,4-10H2,1-3H3. The average Bonchev–Trinajstić information content (AvgIpc) is 3.03. The second-order valence-electron chi connectivity index (χ2n) is 5.51. The van der Waals surface area contributed by atoms with Gasteiger partial charge in [-0.25, -0.2) is 0 Å². The van der Waals surface area contributed by atoms with Crippen molar-refractivity contribution in [2.24, 2.45) is 11.3 Å². The number of rotatable bonds is 9. The lowest BCUT2D eigenvalue weighted by atomic mass is 10.1. The Morgan fingerprint density at radius 1 is 1.39 bits per heavy atom. The minimum atomic E-state index is -0.893. The van der Waals surface area contributed by atoms with Crippen LogP contribution >= 0.6 is 0 Å². The van der Waals surface area contributed by atoms with Crippen LogP contribution < -0.4 is 0 Å². The average molecular weight is 276 g/mol. The molecule has 0 aromatic heterocycles. The minimum Gasteiger partial charge on any atom is -0.469 e. The molecule has 0 aromatic rings. The van der Waals surface area contributed by atoms with Crippen molar-refractivity contribution in [3.05, 3.63) is 0 Å². The summed E-state index contributed by atoms with van der Waals surface area (Å²) >= 11 is 0. The largest absolute Gasteiger partial charge is 0.469 e. The van der Waals surface area contributed by atoms with Gasteiger partial charge < -0.3 is 9.47 Å². The van der Waals surface area contributed by atoms with Crippen molar-refractivity contribution < 1.29 is 18.5 Å². The van der Waals surface area contributed by atoms with Crippen molar-refractivity contribution >= 4 is 16.8 Å². The maximum Gasteiger partial charge on any atom is 0.306 e. The van der Waals surface area contributed by atoms with E-state index >= 15 is 0 Å². The molecule has 1 atom stereocenters. The van der Waals surface area contributed by atoms with Gasteiger partial charge in [0.2, 0.25) is 0 Å². The Morgan fingerprint density at radius 3 is 2.56 bits per heavy atom. The third-order valence-corrected chi connectivity index (χ3v) is 4.63. The fraction of sp³-hybridized carbons (Fsp3) is 0.923. The number of carbonyl (C=O) groups is 1. The van der Waals surface area contributed by atoms with E-state index in [-0.39, 0.29) is 11.4 Å². The topological polar surface area (TPSA) is 52.6 Å². The second-order valence-corrected chi connectivity index (χ2v) is 7.09. The number of methoxy groups -OCH3 is 1. The monoisotopic (exact) mass is 276 g/mol. The zero-order valence-electron chi connectivity index (χ0n) is 11.6. The number of esters is 1. The zero-order valence-corrected chi connectivity index (χ0v) is 12.4. The second kappa shape index (κ2) is 7.24. The fourth-order valence-electron chi connectivity index (χ4n) is 1.81. The Bertz CT molecular complexity index is 297. The molecule has 0 amide bonds. The normalized spacial score (nSPS) is 18.7. The van der Waals surface area contributed by atoms with Crippen molar-refractivity contribution in [2.45, 2.75) is 33.1 Å². The van der Waals surface area contributed by atoms with Crippen molar-refractivity contribution in [2.75, 3.05) is 31.8 Å². The summed E-state index contributed by atoms with van der Waals surface area (Å²) in [5, 5.41) is 0. The Morgan fingerprint density at radius 2 is 2.06 bits per heavy atom. The Labute approximate surface area is 112 Å². The smallest absolute Gasteiger partial charge is 0.306 e. The summed E-state index contributed by atoms with van der Waals surface area (Å²) in [6.07, 6.45) is 2.38. The van der Waals surface area contributed by atoms with E-state index in [1.54, 1.807) is 0 Å². The number of hydrogen-bond donors (Lipinski definition) is 0. The zero-order chi connectivity index (χ0) is 13.6.